The van der Waals surface area contributed by atoms with Gasteiger partial charge in [-0.05, 0) is 18.9 Å². The molecule has 1 heterocycles. The maximum atomic E-state index is 12.2. The number of nitriles is 1. The molecule has 1 N–H and O–H groups in total. The highest BCUT2D eigenvalue weighted by atomic mass is 32.2. The molecule has 1 amide bonds. The first-order valence-corrected chi connectivity index (χ1v) is 8.73. The number of H-pyrrole nitrogens is 1. The summed E-state index contributed by atoms with van der Waals surface area (Å²) in [5, 5.41) is 15.9. The van der Waals surface area contributed by atoms with Gasteiger partial charge in [-0.3, -0.25) is 9.89 Å². The molecule has 0 bridgehead atoms. The van der Waals surface area contributed by atoms with E-state index in [0.29, 0.717) is 23.9 Å². The number of amides is 1. The summed E-state index contributed by atoms with van der Waals surface area (Å²) in [7, 11) is 1.70. The van der Waals surface area contributed by atoms with Gasteiger partial charge in [-0.15, -0.1) is 5.10 Å². The van der Waals surface area contributed by atoms with Crippen molar-refractivity contribution in [3.8, 4) is 17.5 Å². The molecule has 1 aromatic carbocycles. The van der Waals surface area contributed by atoms with E-state index in [2.05, 4.69) is 34.2 Å². The van der Waals surface area contributed by atoms with Crippen molar-refractivity contribution < 1.29 is 4.79 Å². The predicted molar refractivity (Wildman–Crippen MR) is 94.4 cm³/mol. The number of carbonyl (C=O) groups excluding carboxylic acids is 1. The maximum Gasteiger partial charge on any atom is 0.235 e. The number of aromatic nitrogens is 3. The fraction of sp³-hybridized carbons (Fsp3) is 0.412. The monoisotopic (exact) mass is 343 g/mol. The van der Waals surface area contributed by atoms with Gasteiger partial charge in [0.2, 0.25) is 11.1 Å². The van der Waals surface area contributed by atoms with Crippen LogP contribution in [0.25, 0.3) is 11.4 Å². The van der Waals surface area contributed by atoms with Crippen molar-refractivity contribution in [3.63, 3.8) is 0 Å². The van der Waals surface area contributed by atoms with Gasteiger partial charge < -0.3 is 4.90 Å². The molecule has 0 unspecified atom stereocenters. The van der Waals surface area contributed by atoms with Gasteiger partial charge >= 0.3 is 0 Å². The Hall–Kier alpha value is -2.33. The van der Waals surface area contributed by atoms with Gasteiger partial charge in [-0.2, -0.15) is 5.26 Å². The van der Waals surface area contributed by atoms with E-state index < -0.39 is 0 Å². The molecule has 0 radical (unpaired) electrons. The van der Waals surface area contributed by atoms with Crippen LogP contribution in [0.2, 0.25) is 0 Å². The first-order chi connectivity index (χ1) is 11.5. The molecule has 2 rings (SSSR count). The normalized spacial score (nSPS) is 11.8. The van der Waals surface area contributed by atoms with E-state index in [4.69, 9.17) is 5.26 Å². The fourth-order valence-electron chi connectivity index (χ4n) is 2.17. The van der Waals surface area contributed by atoms with Crippen LogP contribution in [0.1, 0.15) is 25.8 Å². The summed E-state index contributed by atoms with van der Waals surface area (Å²) in [4.78, 5) is 18.3. The highest BCUT2D eigenvalue weighted by molar-refractivity contribution is 8.00. The van der Waals surface area contributed by atoms with E-state index in [-0.39, 0.29) is 11.2 Å². The first-order valence-electron chi connectivity index (χ1n) is 7.85. The van der Waals surface area contributed by atoms with Crippen LogP contribution in [0.4, 0.5) is 0 Å². The van der Waals surface area contributed by atoms with Crippen molar-refractivity contribution in [1.29, 1.82) is 5.26 Å². The molecule has 1 aromatic heterocycles. The van der Waals surface area contributed by atoms with E-state index in [9.17, 15) is 4.79 Å². The summed E-state index contributed by atoms with van der Waals surface area (Å²) in [5.74, 6) is 0.659. The van der Waals surface area contributed by atoms with Crippen molar-refractivity contribution in [3.05, 3.63) is 29.8 Å². The molecule has 6 nitrogen and oxygen atoms in total. The summed E-state index contributed by atoms with van der Waals surface area (Å²) < 4.78 is 0. The highest BCUT2D eigenvalue weighted by Crippen LogP contribution is 2.24. The van der Waals surface area contributed by atoms with Crippen LogP contribution in [-0.4, -0.2) is 44.8 Å². The minimum absolute atomic E-state index is 0.0334. The van der Waals surface area contributed by atoms with E-state index in [1.165, 1.54) is 17.3 Å². The topological polar surface area (TPSA) is 85.7 Å². The van der Waals surface area contributed by atoms with Crippen LogP contribution in [-0.2, 0) is 11.2 Å². The number of nitrogens with one attached hydrogen (secondary N) is 1. The van der Waals surface area contributed by atoms with Crippen LogP contribution < -0.4 is 0 Å². The zero-order valence-corrected chi connectivity index (χ0v) is 14.9. The number of hydrogen-bond acceptors (Lipinski definition) is 5. The van der Waals surface area contributed by atoms with Crippen molar-refractivity contribution in [2.45, 2.75) is 37.1 Å². The lowest BCUT2D eigenvalue weighted by Gasteiger charge is -2.18. The number of aryl methyl sites for hydroxylation is 1. The van der Waals surface area contributed by atoms with Crippen molar-refractivity contribution >= 4 is 17.7 Å². The molecule has 0 aliphatic carbocycles. The molecule has 7 heteroatoms. The number of aromatic amines is 1. The number of hydrogen-bond donors (Lipinski definition) is 1. The standard InChI is InChI=1S/C17H21N5OS/c1-4-13-6-8-14(9-7-13)15-19-17(21-20-15)24-12(2)16(23)22(3)11-5-10-18/h6-9,12H,4-5,11H2,1-3H3,(H,19,20,21)/t12-/m1/s1. The SMILES string of the molecule is CCc1ccc(-c2nc(S[C@H](C)C(=O)N(C)CCC#N)n[nH]2)cc1. The Bertz CT molecular complexity index is 719. The number of nitrogens with zero attached hydrogens (tertiary/aromatic N) is 4. The van der Waals surface area contributed by atoms with Gasteiger partial charge in [-0.25, -0.2) is 4.98 Å². The third-order valence-electron chi connectivity index (χ3n) is 3.67. The van der Waals surface area contributed by atoms with Crippen molar-refractivity contribution in [1.82, 2.24) is 20.1 Å². The van der Waals surface area contributed by atoms with Crippen molar-refractivity contribution in [2.24, 2.45) is 0 Å². The average Bonchev–Trinajstić information content (AvgIpc) is 3.07. The Morgan fingerprint density at radius 2 is 2.12 bits per heavy atom. The van der Waals surface area contributed by atoms with E-state index in [1.54, 1.807) is 11.9 Å². The van der Waals surface area contributed by atoms with Gasteiger partial charge in [-0.1, -0.05) is 43.0 Å². The molecule has 0 saturated heterocycles. The Morgan fingerprint density at radius 1 is 1.42 bits per heavy atom. The van der Waals surface area contributed by atoms with Gasteiger partial charge in [0.1, 0.15) is 0 Å². The Balaban J connectivity index is 2.00. The van der Waals surface area contributed by atoms with Gasteiger partial charge in [0, 0.05) is 19.2 Å². The lowest BCUT2D eigenvalue weighted by atomic mass is 10.1. The quantitative estimate of drug-likeness (QED) is 0.781. The first kappa shape index (κ1) is 18.0. The number of thioether (sulfide) groups is 1. The molecule has 0 fully saturated rings. The highest BCUT2D eigenvalue weighted by Gasteiger charge is 2.20. The number of benzene rings is 1. The largest absolute Gasteiger partial charge is 0.344 e. The van der Waals surface area contributed by atoms with Gasteiger partial charge in [0.25, 0.3) is 0 Å². The molecule has 0 aliphatic rings. The molecule has 0 aliphatic heterocycles. The zero-order chi connectivity index (χ0) is 17.5. The van der Waals surface area contributed by atoms with Crippen LogP contribution in [0.3, 0.4) is 0 Å². The van der Waals surface area contributed by atoms with Crippen molar-refractivity contribution in [2.75, 3.05) is 13.6 Å². The van der Waals surface area contributed by atoms with Crippen LogP contribution >= 0.6 is 11.8 Å². The zero-order valence-electron chi connectivity index (χ0n) is 14.1. The second-order valence-corrected chi connectivity index (χ2v) is 6.75. The van der Waals surface area contributed by atoms with E-state index in [0.717, 1.165) is 12.0 Å². The summed E-state index contributed by atoms with van der Waals surface area (Å²) in [6.45, 7) is 4.37. The number of rotatable bonds is 7. The third-order valence-corrected chi connectivity index (χ3v) is 4.61. The summed E-state index contributed by atoms with van der Waals surface area (Å²) >= 11 is 1.31. The fourth-order valence-corrected chi connectivity index (χ4v) is 3.01. The lowest BCUT2D eigenvalue weighted by molar-refractivity contribution is -0.128. The Kier molecular flexibility index (Phi) is 6.38. The summed E-state index contributed by atoms with van der Waals surface area (Å²) in [5.41, 5.74) is 2.24. The molecule has 126 valence electrons. The molecular formula is C17H21N5OS. The maximum absolute atomic E-state index is 12.2. The second-order valence-electron chi connectivity index (χ2n) is 5.45. The smallest absolute Gasteiger partial charge is 0.235 e. The van der Waals surface area contributed by atoms with Crippen LogP contribution in [0.5, 0.6) is 0 Å². The summed E-state index contributed by atoms with van der Waals surface area (Å²) in [6.07, 6.45) is 1.33. The molecule has 0 saturated carbocycles. The minimum Gasteiger partial charge on any atom is -0.344 e. The van der Waals surface area contributed by atoms with E-state index in [1.807, 2.05) is 25.1 Å². The van der Waals surface area contributed by atoms with E-state index >= 15 is 0 Å². The van der Waals surface area contributed by atoms with Crippen LogP contribution in [0, 0.1) is 11.3 Å². The Morgan fingerprint density at radius 3 is 2.75 bits per heavy atom. The number of carbonyl (C=O) groups is 1. The third kappa shape index (κ3) is 4.59. The molecule has 24 heavy (non-hydrogen) atoms. The summed E-state index contributed by atoms with van der Waals surface area (Å²) in [6, 6.07) is 10.2. The second kappa shape index (κ2) is 8.50. The van der Waals surface area contributed by atoms with Crippen LogP contribution in [0.15, 0.2) is 29.4 Å². The van der Waals surface area contributed by atoms with Gasteiger partial charge in [0.05, 0.1) is 17.7 Å². The molecule has 1 atom stereocenters. The average molecular weight is 343 g/mol. The predicted octanol–water partition coefficient (Wildman–Crippen LogP) is 2.89. The molecular weight excluding hydrogens is 322 g/mol. The lowest BCUT2D eigenvalue weighted by Crippen LogP contribution is -2.33. The molecule has 0 spiro atoms. The minimum atomic E-state index is -0.306. The van der Waals surface area contributed by atoms with Gasteiger partial charge in [0.15, 0.2) is 5.82 Å². The molecule has 2 aromatic rings. The Labute approximate surface area is 146 Å².